The fraction of sp³-hybridized carbons (Fsp3) is 0.170. The monoisotopic (exact) mass is 714 g/mol. The lowest BCUT2D eigenvalue weighted by Gasteiger charge is -2.17. The van der Waals surface area contributed by atoms with Crippen molar-refractivity contribution in [2.24, 2.45) is 0 Å². The molecule has 0 amide bonds. The maximum Gasteiger partial charge on any atom is 0.186 e. The van der Waals surface area contributed by atoms with E-state index in [-0.39, 0.29) is 17.4 Å². The Morgan fingerprint density at radius 1 is 0.566 bits per heavy atom. The molecule has 2 aliphatic carbocycles. The van der Waals surface area contributed by atoms with Crippen LogP contribution in [0.5, 0.6) is 0 Å². The first-order valence-corrected chi connectivity index (χ1v) is 19.4. The lowest BCUT2D eigenvalue weighted by molar-refractivity contribution is -0.112. The normalized spacial score (nSPS) is 18.0. The van der Waals surface area contributed by atoms with Gasteiger partial charge in [-0.1, -0.05) is 97.1 Å². The topological polar surface area (TPSA) is 42.9 Å². The van der Waals surface area contributed by atoms with Crippen LogP contribution in [0, 0.1) is 11.6 Å². The third kappa shape index (κ3) is 6.80. The SMILES string of the molecule is O=C1C(=CC=Cc2c(C3CC3)nc3ccccc3c2-c2ccc(F)cc2)CSCC1=CC=Cc1c(C2CC2)nc2ccccc2c1-c1ccc(F)cc1. The highest BCUT2D eigenvalue weighted by Gasteiger charge is 2.31. The van der Waals surface area contributed by atoms with Crippen molar-refractivity contribution in [2.45, 2.75) is 37.5 Å². The minimum atomic E-state index is -0.269. The van der Waals surface area contributed by atoms with E-state index in [0.717, 1.165) is 103 Å². The lowest BCUT2D eigenvalue weighted by Crippen LogP contribution is -2.15. The molecule has 53 heavy (non-hydrogen) atoms. The van der Waals surface area contributed by atoms with E-state index in [4.69, 9.17) is 9.97 Å². The minimum Gasteiger partial charge on any atom is -0.289 e. The molecule has 2 saturated carbocycles. The molecule has 0 spiro atoms. The number of aromatic nitrogens is 2. The second kappa shape index (κ2) is 14.2. The van der Waals surface area contributed by atoms with E-state index >= 15 is 0 Å². The smallest absolute Gasteiger partial charge is 0.186 e. The lowest BCUT2D eigenvalue weighted by atomic mass is 9.92. The summed E-state index contributed by atoms with van der Waals surface area (Å²) in [5.74, 6) is 1.56. The van der Waals surface area contributed by atoms with Gasteiger partial charge in [-0.15, -0.1) is 0 Å². The van der Waals surface area contributed by atoms with Gasteiger partial charge in [-0.05, 0) is 73.2 Å². The number of para-hydroxylation sites is 2. The van der Waals surface area contributed by atoms with Crippen LogP contribution in [-0.4, -0.2) is 27.3 Å². The number of fused-ring (bicyclic) bond motifs is 2. The summed E-state index contributed by atoms with van der Waals surface area (Å²) in [7, 11) is 0. The molecule has 0 unspecified atom stereocenters. The van der Waals surface area contributed by atoms with E-state index in [9.17, 15) is 13.6 Å². The fourth-order valence-corrected chi connectivity index (χ4v) is 8.39. The van der Waals surface area contributed by atoms with Gasteiger partial charge >= 0.3 is 0 Å². The first-order valence-electron chi connectivity index (χ1n) is 18.3. The number of thioether (sulfide) groups is 1. The number of pyridine rings is 2. The molecule has 4 aromatic carbocycles. The molecular weight excluding hydrogens is 679 g/mol. The molecule has 6 aromatic rings. The van der Waals surface area contributed by atoms with Crippen molar-refractivity contribution in [1.82, 2.24) is 9.97 Å². The third-order valence-electron chi connectivity index (χ3n) is 10.3. The molecule has 260 valence electrons. The van der Waals surface area contributed by atoms with Gasteiger partial charge in [0.15, 0.2) is 5.78 Å². The van der Waals surface area contributed by atoms with Crippen molar-refractivity contribution < 1.29 is 13.6 Å². The largest absolute Gasteiger partial charge is 0.289 e. The Kier molecular flexibility index (Phi) is 8.92. The summed E-state index contributed by atoms with van der Waals surface area (Å²) in [5, 5.41) is 2.04. The number of hydrogen-bond donors (Lipinski definition) is 0. The van der Waals surface area contributed by atoms with Gasteiger partial charge in [0, 0.05) is 67.5 Å². The molecule has 3 fully saturated rings. The molecule has 0 bridgehead atoms. The highest BCUT2D eigenvalue weighted by atomic mass is 32.2. The molecule has 3 heterocycles. The number of benzene rings is 4. The molecule has 0 radical (unpaired) electrons. The number of halogens is 2. The van der Waals surface area contributed by atoms with Crippen molar-refractivity contribution in [3.8, 4) is 22.3 Å². The molecule has 0 N–H and O–H groups in total. The molecule has 3 aliphatic rings. The average molecular weight is 715 g/mol. The Morgan fingerprint density at radius 2 is 0.981 bits per heavy atom. The average Bonchev–Trinajstić information content (AvgIpc) is 4.11. The highest BCUT2D eigenvalue weighted by Crippen LogP contribution is 2.47. The molecule has 9 rings (SSSR count). The van der Waals surface area contributed by atoms with Crippen molar-refractivity contribution >= 4 is 51.5 Å². The van der Waals surface area contributed by atoms with Gasteiger partial charge in [0.1, 0.15) is 11.6 Å². The molecule has 1 aliphatic heterocycles. The number of carbonyl (C=O) groups excluding carboxylic acids is 1. The second-order valence-corrected chi connectivity index (χ2v) is 15.1. The Bertz CT molecular complexity index is 2350. The Balaban J connectivity index is 1.06. The summed E-state index contributed by atoms with van der Waals surface area (Å²) < 4.78 is 28.0. The number of ketones is 1. The van der Waals surface area contributed by atoms with Crippen LogP contribution in [0.4, 0.5) is 8.78 Å². The first kappa shape index (κ1) is 33.4. The van der Waals surface area contributed by atoms with Crippen LogP contribution in [0.15, 0.2) is 133 Å². The van der Waals surface area contributed by atoms with Crippen LogP contribution >= 0.6 is 11.8 Å². The van der Waals surface area contributed by atoms with Gasteiger partial charge in [0.25, 0.3) is 0 Å². The van der Waals surface area contributed by atoms with Crippen molar-refractivity contribution in [3.63, 3.8) is 0 Å². The number of hydrogen-bond acceptors (Lipinski definition) is 4. The predicted octanol–water partition coefficient (Wildman–Crippen LogP) is 12.0. The van der Waals surface area contributed by atoms with E-state index in [0.29, 0.717) is 23.3 Å². The number of rotatable bonds is 8. The van der Waals surface area contributed by atoms with Crippen molar-refractivity contribution in [2.75, 3.05) is 11.5 Å². The van der Waals surface area contributed by atoms with Crippen LogP contribution in [0.3, 0.4) is 0 Å². The highest BCUT2D eigenvalue weighted by molar-refractivity contribution is 7.99. The van der Waals surface area contributed by atoms with Gasteiger partial charge < -0.3 is 0 Å². The Labute approximate surface area is 311 Å². The Morgan fingerprint density at radius 3 is 1.40 bits per heavy atom. The second-order valence-electron chi connectivity index (χ2n) is 14.1. The third-order valence-corrected chi connectivity index (χ3v) is 11.4. The van der Waals surface area contributed by atoms with Gasteiger partial charge in [0.2, 0.25) is 0 Å². The maximum atomic E-state index is 14.0. The molecular formula is C47H36F2N2OS. The van der Waals surface area contributed by atoms with Gasteiger partial charge in [-0.2, -0.15) is 11.8 Å². The summed E-state index contributed by atoms with van der Waals surface area (Å²) in [6, 6.07) is 29.6. The van der Waals surface area contributed by atoms with Gasteiger partial charge in [-0.25, -0.2) is 8.78 Å². The number of allylic oxidation sites excluding steroid dienone is 4. The van der Waals surface area contributed by atoms with E-state index in [1.54, 1.807) is 11.8 Å². The molecule has 2 aromatic heterocycles. The number of nitrogens with zero attached hydrogens (tertiary/aromatic N) is 2. The van der Waals surface area contributed by atoms with E-state index < -0.39 is 0 Å². The minimum absolute atomic E-state index is 0.0497. The summed E-state index contributed by atoms with van der Waals surface area (Å²) in [4.78, 5) is 24.1. The number of carbonyl (C=O) groups is 1. The van der Waals surface area contributed by atoms with Crippen LogP contribution in [0.25, 0.3) is 56.2 Å². The zero-order valence-electron chi connectivity index (χ0n) is 29.1. The summed E-state index contributed by atoms with van der Waals surface area (Å²) >= 11 is 1.73. The number of Topliss-reactive ketones (excluding diaryl/α,β-unsaturated/α-hetero) is 1. The van der Waals surface area contributed by atoms with Crippen LogP contribution in [0.2, 0.25) is 0 Å². The van der Waals surface area contributed by atoms with Gasteiger partial charge in [-0.3, -0.25) is 14.8 Å². The van der Waals surface area contributed by atoms with Crippen molar-refractivity contribution in [1.29, 1.82) is 0 Å². The van der Waals surface area contributed by atoms with Gasteiger partial charge in [0.05, 0.1) is 22.4 Å². The van der Waals surface area contributed by atoms with Crippen LogP contribution in [-0.2, 0) is 4.79 Å². The summed E-state index contributed by atoms with van der Waals surface area (Å²) in [6.45, 7) is 0. The Hall–Kier alpha value is -5.46. The zero-order valence-corrected chi connectivity index (χ0v) is 29.9. The van der Waals surface area contributed by atoms with Crippen molar-refractivity contribution in [3.05, 3.63) is 167 Å². The zero-order chi connectivity index (χ0) is 35.9. The molecule has 6 heteroatoms. The fourth-order valence-electron chi connectivity index (χ4n) is 7.40. The van der Waals surface area contributed by atoms with E-state index in [1.165, 1.54) is 24.3 Å². The molecule has 3 nitrogen and oxygen atoms in total. The first-order chi connectivity index (χ1) is 26.0. The molecule has 1 saturated heterocycles. The standard InChI is InChI=1S/C47H36F2N2OS/c48-35-23-19-29(20-24-35)43-37-9-1-3-13-41(37)50-45(31-15-16-31)39(43)11-5-7-33-27-53-28-34(47(33)52)8-6-12-40-44(30-21-25-36(49)26-22-30)38-10-2-4-14-42(38)51-46(40)32-17-18-32/h1-14,19-26,31-32H,15-18,27-28H2. The van der Waals surface area contributed by atoms with Crippen LogP contribution in [0.1, 0.15) is 60.0 Å². The quantitative estimate of drug-likeness (QED) is 0.147. The van der Waals surface area contributed by atoms with Crippen LogP contribution < -0.4 is 0 Å². The van der Waals surface area contributed by atoms with E-state index in [2.05, 4.69) is 24.3 Å². The van der Waals surface area contributed by atoms with E-state index in [1.807, 2.05) is 85.0 Å². The summed E-state index contributed by atoms with van der Waals surface area (Å²) in [6.07, 6.45) is 16.4. The molecule has 0 atom stereocenters. The predicted molar refractivity (Wildman–Crippen MR) is 215 cm³/mol. The summed E-state index contributed by atoms with van der Waals surface area (Å²) in [5.41, 5.74) is 11.5. The maximum absolute atomic E-state index is 14.0.